The summed E-state index contributed by atoms with van der Waals surface area (Å²) in [5.41, 5.74) is 0. The molecule has 0 aromatic carbocycles. The van der Waals surface area contributed by atoms with Crippen LogP contribution in [-0.2, 0) is 19.5 Å². The van der Waals surface area contributed by atoms with Crippen LogP contribution >= 0.6 is 0 Å². The van der Waals surface area contributed by atoms with Gasteiger partial charge in [0.15, 0.2) is 0 Å². The van der Waals surface area contributed by atoms with Gasteiger partial charge in [-0.25, -0.2) is 9.13 Å². The lowest BCUT2D eigenvalue weighted by atomic mass is 10.0. The van der Waals surface area contributed by atoms with Gasteiger partial charge in [-0.15, -0.1) is 0 Å². The summed E-state index contributed by atoms with van der Waals surface area (Å²) in [6, 6.07) is 0. The van der Waals surface area contributed by atoms with Crippen molar-refractivity contribution in [2.75, 3.05) is 0 Å². The minimum atomic E-state index is 1.22. The number of hydrogen-bond donors (Lipinski definition) is 0. The van der Waals surface area contributed by atoms with Gasteiger partial charge in [-0.1, -0.05) is 175 Å². The molecule has 0 atom stereocenters. The van der Waals surface area contributed by atoms with Gasteiger partial charge in [0, 0.05) is 6.42 Å². The fourth-order valence-corrected chi connectivity index (χ4v) is 6.33. The Morgan fingerprint density at radius 3 is 1.20 bits per heavy atom. The van der Waals surface area contributed by atoms with Crippen LogP contribution in [0, 0.1) is 0 Å². The zero-order chi connectivity index (χ0) is 28.8. The van der Waals surface area contributed by atoms with E-state index in [2.05, 4.69) is 42.3 Å². The van der Waals surface area contributed by atoms with E-state index < -0.39 is 0 Å². The first-order valence-electron chi connectivity index (χ1n) is 18.9. The van der Waals surface area contributed by atoms with Crippen molar-refractivity contribution in [3.63, 3.8) is 0 Å². The van der Waals surface area contributed by atoms with Crippen LogP contribution in [-0.4, -0.2) is 4.57 Å². The topological polar surface area (TPSA) is 8.81 Å². The fourth-order valence-electron chi connectivity index (χ4n) is 6.33. The lowest BCUT2D eigenvalue weighted by Crippen LogP contribution is -2.37. The Labute approximate surface area is 253 Å². The minimum Gasteiger partial charge on any atom is -0.234 e. The molecule has 0 saturated heterocycles. The molecule has 0 N–H and O–H groups in total. The maximum absolute atomic E-state index is 2.61. The summed E-state index contributed by atoms with van der Waals surface area (Å²) in [7, 11) is 0. The Bertz CT molecular complexity index is 619. The van der Waals surface area contributed by atoms with Crippen LogP contribution < -0.4 is 4.57 Å². The second-order valence-corrected chi connectivity index (χ2v) is 13.0. The number of hydrogen-bond acceptors (Lipinski definition) is 0. The van der Waals surface area contributed by atoms with E-state index in [-0.39, 0.29) is 0 Å². The summed E-state index contributed by atoms with van der Waals surface area (Å²) in [5, 5.41) is 0. The molecule has 0 bridgehead atoms. The van der Waals surface area contributed by atoms with Gasteiger partial charge in [-0.05, 0) is 32.1 Å². The lowest BCUT2D eigenvalue weighted by molar-refractivity contribution is -0.704. The second kappa shape index (κ2) is 29.7. The monoisotopic (exact) mass is 560 g/mol. The summed E-state index contributed by atoms with van der Waals surface area (Å²) < 4.78 is 5.21. The standard InChI is InChI=1S/C38H75N2/c1-4-7-10-12-14-16-18-19-20-21-22-23-25-27-29-32-35-40-37-36-39(34-31-9-6-3)38(40)33-30-28-26-24-17-15-13-11-8-5-2/h36-37H,4-35H2,1-3H3/q+1. The van der Waals surface area contributed by atoms with Crippen molar-refractivity contribution >= 4 is 0 Å². The zero-order valence-corrected chi connectivity index (χ0v) is 28.2. The van der Waals surface area contributed by atoms with E-state index in [0.29, 0.717) is 0 Å². The molecule has 2 heteroatoms. The van der Waals surface area contributed by atoms with E-state index in [0.717, 1.165) is 0 Å². The molecule has 0 aliphatic carbocycles. The van der Waals surface area contributed by atoms with Crippen molar-refractivity contribution in [1.82, 2.24) is 4.57 Å². The summed E-state index contributed by atoms with van der Waals surface area (Å²) in [5.74, 6) is 1.61. The Morgan fingerprint density at radius 2 is 0.775 bits per heavy atom. The molecule has 0 amide bonds. The highest BCUT2D eigenvalue weighted by molar-refractivity contribution is 4.84. The molecular formula is C38H75N2+. The van der Waals surface area contributed by atoms with Crippen LogP contribution in [0.15, 0.2) is 12.4 Å². The van der Waals surface area contributed by atoms with Crippen LogP contribution in [0.4, 0.5) is 0 Å². The molecule has 0 unspecified atom stereocenters. The lowest BCUT2D eigenvalue weighted by Gasteiger charge is -2.07. The van der Waals surface area contributed by atoms with E-state index in [4.69, 9.17) is 0 Å². The number of imidazole rings is 1. The van der Waals surface area contributed by atoms with Crippen molar-refractivity contribution in [3.05, 3.63) is 18.2 Å². The Balaban J connectivity index is 2.13. The zero-order valence-electron chi connectivity index (χ0n) is 28.2. The molecule has 0 aliphatic heterocycles. The van der Waals surface area contributed by atoms with Crippen LogP contribution in [0.3, 0.4) is 0 Å². The van der Waals surface area contributed by atoms with Crippen molar-refractivity contribution in [2.24, 2.45) is 0 Å². The molecule has 0 fully saturated rings. The molecule has 0 spiro atoms. The first-order valence-corrected chi connectivity index (χ1v) is 18.9. The molecule has 0 radical (unpaired) electrons. The van der Waals surface area contributed by atoms with Gasteiger partial charge in [-0.3, -0.25) is 0 Å². The normalized spacial score (nSPS) is 11.6. The first-order chi connectivity index (χ1) is 19.8. The molecule has 1 aromatic rings. The number of unbranched alkanes of at least 4 members (excludes halogenated alkanes) is 26. The molecule has 0 saturated carbocycles. The highest BCUT2D eigenvalue weighted by atomic mass is 15.1. The van der Waals surface area contributed by atoms with Crippen molar-refractivity contribution in [1.29, 1.82) is 0 Å². The second-order valence-electron chi connectivity index (χ2n) is 13.0. The predicted molar refractivity (Wildman–Crippen MR) is 179 cm³/mol. The molecule has 1 aromatic heterocycles. The molecule has 2 nitrogen and oxygen atoms in total. The number of aromatic nitrogens is 2. The third-order valence-electron chi connectivity index (χ3n) is 9.10. The van der Waals surface area contributed by atoms with E-state index in [1.807, 2.05) is 0 Å². The molecule has 0 aliphatic rings. The maximum Gasteiger partial charge on any atom is 0.256 e. The van der Waals surface area contributed by atoms with Crippen LogP contribution in [0.5, 0.6) is 0 Å². The summed E-state index contributed by atoms with van der Waals surface area (Å²) in [6.07, 6.45) is 47.5. The van der Waals surface area contributed by atoms with Gasteiger partial charge >= 0.3 is 0 Å². The minimum absolute atomic E-state index is 1.22. The fraction of sp³-hybridized carbons (Fsp3) is 0.921. The number of nitrogens with zero attached hydrogens (tertiary/aromatic N) is 2. The molecule has 40 heavy (non-hydrogen) atoms. The first kappa shape index (κ1) is 37.2. The maximum atomic E-state index is 2.61. The van der Waals surface area contributed by atoms with Crippen molar-refractivity contribution < 1.29 is 4.57 Å². The number of aryl methyl sites for hydroxylation is 2. The van der Waals surface area contributed by atoms with Crippen molar-refractivity contribution in [3.8, 4) is 0 Å². The summed E-state index contributed by atoms with van der Waals surface area (Å²) >= 11 is 0. The van der Waals surface area contributed by atoms with E-state index in [9.17, 15) is 0 Å². The SMILES string of the molecule is CCCCCCCCCCCCCCCCCC[n+]1ccn(CCCCC)c1CCCCCCCCCCCC. The van der Waals surface area contributed by atoms with E-state index in [1.54, 1.807) is 5.82 Å². The largest absolute Gasteiger partial charge is 0.256 e. The van der Waals surface area contributed by atoms with Gasteiger partial charge in [0.2, 0.25) is 0 Å². The van der Waals surface area contributed by atoms with Gasteiger partial charge in [0.05, 0.1) is 13.1 Å². The summed E-state index contributed by atoms with van der Waals surface area (Å²) in [6.45, 7) is 9.38. The van der Waals surface area contributed by atoms with Crippen LogP contribution in [0.1, 0.15) is 213 Å². The average Bonchev–Trinajstić information content (AvgIpc) is 3.35. The molecule has 1 rings (SSSR count). The van der Waals surface area contributed by atoms with Gasteiger partial charge in [0.25, 0.3) is 5.82 Å². The van der Waals surface area contributed by atoms with Crippen LogP contribution in [0.2, 0.25) is 0 Å². The predicted octanol–water partition coefficient (Wildman–Crippen LogP) is 12.7. The Kier molecular flexibility index (Phi) is 27.6. The third kappa shape index (κ3) is 21.9. The van der Waals surface area contributed by atoms with Gasteiger partial charge in [0.1, 0.15) is 12.4 Å². The Morgan fingerprint density at radius 1 is 0.425 bits per heavy atom. The van der Waals surface area contributed by atoms with Crippen molar-refractivity contribution in [2.45, 2.75) is 226 Å². The average molecular weight is 560 g/mol. The smallest absolute Gasteiger partial charge is 0.234 e. The van der Waals surface area contributed by atoms with E-state index in [1.165, 1.54) is 206 Å². The van der Waals surface area contributed by atoms with Gasteiger partial charge < -0.3 is 0 Å². The number of rotatable bonds is 32. The Hall–Kier alpha value is -0.790. The quantitative estimate of drug-likeness (QED) is 0.0613. The van der Waals surface area contributed by atoms with Gasteiger partial charge in [-0.2, -0.15) is 0 Å². The highest BCUT2D eigenvalue weighted by Crippen LogP contribution is 2.15. The molecular weight excluding hydrogens is 484 g/mol. The van der Waals surface area contributed by atoms with E-state index >= 15 is 0 Å². The third-order valence-corrected chi connectivity index (χ3v) is 9.10. The molecule has 236 valence electrons. The summed E-state index contributed by atoms with van der Waals surface area (Å²) in [4.78, 5) is 0. The van der Waals surface area contributed by atoms with Crippen LogP contribution in [0.25, 0.3) is 0 Å². The highest BCUT2D eigenvalue weighted by Gasteiger charge is 2.16. The molecule has 1 heterocycles.